The summed E-state index contributed by atoms with van der Waals surface area (Å²) in [6.07, 6.45) is 4.79. The maximum atomic E-state index is 12.2. The molecule has 0 aliphatic carbocycles. The third kappa shape index (κ3) is 7.90. The van der Waals surface area contributed by atoms with E-state index in [0.29, 0.717) is 49.1 Å². The van der Waals surface area contributed by atoms with Gasteiger partial charge in [-0.2, -0.15) is 0 Å². The van der Waals surface area contributed by atoms with Crippen LogP contribution in [-0.4, -0.2) is 54.4 Å². The summed E-state index contributed by atoms with van der Waals surface area (Å²) in [6.45, 7) is 3.01. The van der Waals surface area contributed by atoms with E-state index in [0.717, 1.165) is 59.8 Å². The largest absolute Gasteiger partial charge is 0.493 e. The van der Waals surface area contributed by atoms with Crippen LogP contribution in [-0.2, 0) is 22.4 Å². The van der Waals surface area contributed by atoms with Crippen molar-refractivity contribution in [3.63, 3.8) is 0 Å². The van der Waals surface area contributed by atoms with Crippen molar-refractivity contribution in [3.05, 3.63) is 59.2 Å². The van der Waals surface area contributed by atoms with Crippen molar-refractivity contribution in [2.45, 2.75) is 58.3 Å². The zero-order valence-corrected chi connectivity index (χ0v) is 23.3. The van der Waals surface area contributed by atoms with Gasteiger partial charge in [0, 0.05) is 24.0 Å². The van der Waals surface area contributed by atoms with E-state index in [1.807, 2.05) is 24.3 Å². The fourth-order valence-corrected chi connectivity index (χ4v) is 4.94. The monoisotopic (exact) mass is 564 g/mol. The summed E-state index contributed by atoms with van der Waals surface area (Å²) in [4.78, 5) is 34.4. The van der Waals surface area contributed by atoms with Gasteiger partial charge >= 0.3 is 11.9 Å². The number of Topliss-reactive ketones (excluding diaryl/α,β-unsaturated/α-hetero) is 1. The molecule has 0 saturated carbocycles. The summed E-state index contributed by atoms with van der Waals surface area (Å²) in [5, 5.41) is 19.8. The molecule has 3 aromatic rings. The SMILES string of the molecule is CCCc1c(OCCCCCOc2ccc3ccc(OCC(=O)O)cc3c2CCC(=O)O)ccc2c1OCCC2=O. The van der Waals surface area contributed by atoms with Crippen molar-refractivity contribution in [3.8, 4) is 23.0 Å². The number of ether oxygens (including phenoxy) is 4. The van der Waals surface area contributed by atoms with E-state index in [9.17, 15) is 19.5 Å². The summed E-state index contributed by atoms with van der Waals surface area (Å²) < 4.78 is 23.3. The Morgan fingerprint density at radius 3 is 2.27 bits per heavy atom. The topological polar surface area (TPSA) is 129 Å². The predicted molar refractivity (Wildman–Crippen MR) is 153 cm³/mol. The van der Waals surface area contributed by atoms with Gasteiger partial charge < -0.3 is 29.2 Å². The molecule has 1 aliphatic rings. The van der Waals surface area contributed by atoms with Gasteiger partial charge in [-0.3, -0.25) is 9.59 Å². The normalized spacial score (nSPS) is 12.5. The number of carboxylic acids is 2. The summed E-state index contributed by atoms with van der Waals surface area (Å²) in [5.41, 5.74) is 2.36. The van der Waals surface area contributed by atoms with Gasteiger partial charge in [0.25, 0.3) is 0 Å². The summed E-state index contributed by atoms with van der Waals surface area (Å²) in [7, 11) is 0. The van der Waals surface area contributed by atoms with Gasteiger partial charge in [-0.15, -0.1) is 0 Å². The number of carbonyl (C=O) groups excluding carboxylic acids is 1. The average Bonchev–Trinajstić information content (AvgIpc) is 2.95. The number of carbonyl (C=O) groups is 3. The van der Waals surface area contributed by atoms with Crippen LogP contribution in [0.5, 0.6) is 23.0 Å². The van der Waals surface area contributed by atoms with E-state index in [2.05, 4.69) is 6.92 Å². The zero-order chi connectivity index (χ0) is 29.2. The van der Waals surface area contributed by atoms with Crippen LogP contribution in [0.2, 0.25) is 0 Å². The molecule has 1 aliphatic heterocycles. The molecule has 1 heterocycles. The quantitative estimate of drug-likeness (QED) is 0.205. The lowest BCUT2D eigenvalue weighted by atomic mass is 9.98. The second kappa shape index (κ2) is 14.4. The van der Waals surface area contributed by atoms with E-state index in [-0.39, 0.29) is 18.6 Å². The summed E-state index contributed by atoms with van der Waals surface area (Å²) in [6, 6.07) is 12.7. The number of benzene rings is 3. The highest BCUT2D eigenvalue weighted by molar-refractivity contribution is 6.00. The zero-order valence-electron chi connectivity index (χ0n) is 23.3. The Balaban J connectivity index is 1.33. The van der Waals surface area contributed by atoms with Gasteiger partial charge in [-0.1, -0.05) is 25.5 Å². The molecule has 218 valence electrons. The van der Waals surface area contributed by atoms with E-state index in [4.69, 9.17) is 24.1 Å². The van der Waals surface area contributed by atoms with Crippen LogP contribution in [0, 0.1) is 0 Å². The van der Waals surface area contributed by atoms with Gasteiger partial charge in [-0.25, -0.2) is 4.79 Å². The highest BCUT2D eigenvalue weighted by Crippen LogP contribution is 2.37. The number of fused-ring (bicyclic) bond motifs is 2. The van der Waals surface area contributed by atoms with E-state index >= 15 is 0 Å². The molecule has 0 aromatic heterocycles. The van der Waals surface area contributed by atoms with Gasteiger partial charge in [0.05, 0.1) is 25.4 Å². The minimum atomic E-state index is -1.08. The second-order valence-electron chi connectivity index (χ2n) is 9.95. The lowest BCUT2D eigenvalue weighted by Gasteiger charge is -2.22. The first kappa shape index (κ1) is 29.7. The van der Waals surface area contributed by atoms with Crippen molar-refractivity contribution >= 4 is 28.5 Å². The van der Waals surface area contributed by atoms with Crippen molar-refractivity contribution in [2.24, 2.45) is 0 Å². The molecule has 0 bridgehead atoms. The van der Waals surface area contributed by atoms with Crippen LogP contribution in [0.15, 0.2) is 42.5 Å². The van der Waals surface area contributed by atoms with E-state index in [1.165, 1.54) is 0 Å². The molecular formula is C32H36O9. The number of rotatable bonds is 16. The number of carboxylic acid groups (broad SMARTS) is 2. The lowest BCUT2D eigenvalue weighted by Crippen LogP contribution is -2.17. The molecule has 0 fully saturated rings. The number of hydrogen-bond donors (Lipinski definition) is 2. The minimum Gasteiger partial charge on any atom is -0.493 e. The fraction of sp³-hybridized carbons (Fsp3) is 0.406. The first-order valence-corrected chi connectivity index (χ1v) is 14.1. The number of ketones is 1. The molecule has 0 saturated heterocycles. The molecule has 41 heavy (non-hydrogen) atoms. The van der Waals surface area contributed by atoms with Gasteiger partial charge in [0.1, 0.15) is 23.0 Å². The molecule has 0 unspecified atom stereocenters. The molecule has 0 atom stereocenters. The van der Waals surface area contributed by atoms with Crippen LogP contribution in [0.25, 0.3) is 10.8 Å². The van der Waals surface area contributed by atoms with Crippen LogP contribution < -0.4 is 18.9 Å². The smallest absolute Gasteiger partial charge is 0.341 e. The molecule has 0 amide bonds. The maximum absolute atomic E-state index is 12.2. The Labute approximate surface area is 239 Å². The standard InChI is InChI=1S/C32H36O9/c1-2-6-25-29(13-10-24-27(33)15-18-40-32(24)25)39-17-5-3-4-16-38-28-12-8-21-7-9-22(41-20-31(36)37)19-26(21)23(28)11-14-30(34)35/h7-10,12-13,19H,2-6,11,14-18,20H2,1H3,(H,34,35)(H,36,37). The molecule has 2 N–H and O–H groups in total. The Hall–Kier alpha value is -4.27. The van der Waals surface area contributed by atoms with Crippen LogP contribution in [0.1, 0.15) is 66.9 Å². The van der Waals surface area contributed by atoms with Crippen molar-refractivity contribution < 1.29 is 43.5 Å². The fourth-order valence-electron chi connectivity index (χ4n) is 4.94. The van der Waals surface area contributed by atoms with Gasteiger partial charge in [0.15, 0.2) is 12.4 Å². The number of aryl methyl sites for hydroxylation is 1. The number of hydrogen-bond acceptors (Lipinski definition) is 7. The van der Waals surface area contributed by atoms with Crippen molar-refractivity contribution in [1.82, 2.24) is 0 Å². The van der Waals surface area contributed by atoms with Crippen molar-refractivity contribution in [2.75, 3.05) is 26.4 Å². The number of aliphatic carboxylic acids is 2. The molecule has 0 spiro atoms. The van der Waals surface area contributed by atoms with Gasteiger partial charge in [-0.05, 0) is 73.2 Å². The minimum absolute atomic E-state index is 0.0606. The van der Waals surface area contributed by atoms with Crippen molar-refractivity contribution in [1.29, 1.82) is 0 Å². The Morgan fingerprint density at radius 1 is 0.854 bits per heavy atom. The highest BCUT2D eigenvalue weighted by atomic mass is 16.5. The first-order valence-electron chi connectivity index (χ1n) is 14.1. The first-order chi connectivity index (χ1) is 19.9. The molecule has 9 nitrogen and oxygen atoms in total. The lowest BCUT2D eigenvalue weighted by molar-refractivity contribution is -0.139. The third-order valence-corrected chi connectivity index (χ3v) is 6.91. The molecule has 9 heteroatoms. The predicted octanol–water partition coefficient (Wildman–Crippen LogP) is 5.87. The molecule has 4 rings (SSSR count). The van der Waals surface area contributed by atoms with E-state index < -0.39 is 18.5 Å². The van der Waals surface area contributed by atoms with Gasteiger partial charge in [0.2, 0.25) is 0 Å². The summed E-state index contributed by atoms with van der Waals surface area (Å²) in [5.74, 6) is 0.565. The maximum Gasteiger partial charge on any atom is 0.341 e. The van der Waals surface area contributed by atoms with Crippen LogP contribution in [0.3, 0.4) is 0 Å². The Bertz CT molecular complexity index is 1400. The van der Waals surface area contributed by atoms with E-state index in [1.54, 1.807) is 18.2 Å². The van der Waals surface area contributed by atoms with Crippen LogP contribution in [0.4, 0.5) is 0 Å². The average molecular weight is 565 g/mol. The third-order valence-electron chi connectivity index (χ3n) is 6.91. The highest BCUT2D eigenvalue weighted by Gasteiger charge is 2.23. The number of unbranched alkanes of at least 4 members (excludes halogenated alkanes) is 2. The molecule has 0 radical (unpaired) electrons. The Morgan fingerprint density at radius 2 is 1.56 bits per heavy atom. The molecule has 3 aromatic carbocycles. The molecular weight excluding hydrogens is 528 g/mol. The summed E-state index contributed by atoms with van der Waals surface area (Å²) >= 11 is 0. The van der Waals surface area contributed by atoms with Crippen LogP contribution >= 0.6 is 0 Å². The second-order valence-corrected chi connectivity index (χ2v) is 9.95. The Kier molecular flexibility index (Phi) is 10.4.